The normalized spacial score (nSPS) is 18.0. The maximum absolute atomic E-state index is 13.1. The Morgan fingerprint density at radius 3 is 1.19 bits per heavy atom. The van der Waals surface area contributed by atoms with E-state index < -0.39 is 49.5 Å². The van der Waals surface area contributed by atoms with E-state index in [1.54, 1.807) is 6.08 Å². The minimum Gasteiger partial charge on any atom is -0.466 e. The Balaban J connectivity index is 1.95. The fraction of sp³-hybridized carbons (Fsp3) is 0.870. The summed E-state index contributed by atoms with van der Waals surface area (Å²) in [7, 11) is 0. The first-order chi connectivity index (χ1) is 43.2. The lowest BCUT2D eigenvalue weighted by Crippen LogP contribution is -2.60. The number of esters is 1. The zero-order valence-electron chi connectivity index (χ0n) is 57.4. The molecule has 11 nitrogen and oxygen atoms in total. The third-order valence-corrected chi connectivity index (χ3v) is 17.9. The van der Waals surface area contributed by atoms with Crippen LogP contribution in [0.15, 0.2) is 48.6 Å². The van der Waals surface area contributed by atoms with Gasteiger partial charge in [-0.25, -0.2) is 0 Å². The average Bonchev–Trinajstić information content (AvgIpc) is 3.33. The van der Waals surface area contributed by atoms with Crippen molar-refractivity contribution in [1.29, 1.82) is 0 Å². The summed E-state index contributed by atoms with van der Waals surface area (Å²) < 4.78 is 16.7. The van der Waals surface area contributed by atoms with Gasteiger partial charge in [0.2, 0.25) is 5.91 Å². The SMILES string of the molecule is CCCCCCCCC/C=C/CC/C=C/C(O)C(COC1OC(CO)C(O)C(O)C1O)NC(=O)CCCCCCCCCCCCCCCCCCC/C=C\C/C=C\CCCCCCCCCCCCCOC(=O)CCCCCCCCCCCCCC. The van der Waals surface area contributed by atoms with E-state index in [0.29, 0.717) is 19.4 Å². The Kier molecular flexibility index (Phi) is 62.8. The van der Waals surface area contributed by atoms with Crippen LogP contribution in [-0.4, -0.2) is 100 Å². The third-order valence-electron chi connectivity index (χ3n) is 17.9. The van der Waals surface area contributed by atoms with Crippen LogP contribution in [0.25, 0.3) is 0 Å². The molecule has 7 atom stereocenters. The summed E-state index contributed by atoms with van der Waals surface area (Å²) in [5, 5.41) is 54.5. The van der Waals surface area contributed by atoms with Crippen LogP contribution in [0.4, 0.5) is 0 Å². The standard InChI is InChI=1S/C77H143NO10/c1-3-5-7-9-11-13-15-40-43-47-51-55-59-63-70(80)69(68-87-77-76(85)75(84)74(83)71(67-79)88-77)78-72(81)64-60-56-52-48-44-41-38-36-34-32-30-28-26-24-22-20-18-17-19-21-23-25-27-29-31-33-35-37-39-42-46-50-54-58-62-66-86-73(82)65-61-57-53-49-45-16-14-12-10-8-6-4-2/h19,21,25,27,43,47,59,63,69-71,74-77,79-80,83-85H,3-18,20,22-24,26,28-42,44-46,48-58,60-62,64-68H2,1-2H3,(H,78,81)/b21-19-,27-25-,47-43+,63-59+. The maximum atomic E-state index is 13.1. The van der Waals surface area contributed by atoms with E-state index in [1.165, 1.54) is 283 Å². The van der Waals surface area contributed by atoms with Crippen molar-refractivity contribution < 1.29 is 49.3 Å². The van der Waals surface area contributed by atoms with Gasteiger partial charge in [-0.05, 0) is 77.0 Å². The molecular formula is C77H143NO10. The molecular weight excluding hydrogens is 1100 g/mol. The van der Waals surface area contributed by atoms with Gasteiger partial charge in [-0.15, -0.1) is 0 Å². The third kappa shape index (κ3) is 54.2. The largest absolute Gasteiger partial charge is 0.466 e. The predicted molar refractivity (Wildman–Crippen MR) is 370 cm³/mol. The molecule has 0 aliphatic carbocycles. The Morgan fingerprint density at radius 1 is 0.420 bits per heavy atom. The first-order valence-electron chi connectivity index (χ1n) is 37.9. The Labute approximate surface area is 542 Å². The van der Waals surface area contributed by atoms with Gasteiger partial charge >= 0.3 is 5.97 Å². The minimum absolute atomic E-state index is 0.0108. The van der Waals surface area contributed by atoms with Crippen molar-refractivity contribution in [1.82, 2.24) is 5.32 Å². The number of allylic oxidation sites excluding steroid dienone is 7. The van der Waals surface area contributed by atoms with E-state index in [-0.39, 0.29) is 18.5 Å². The number of hydrogen-bond acceptors (Lipinski definition) is 10. The number of nitrogens with one attached hydrogen (secondary N) is 1. The van der Waals surface area contributed by atoms with Gasteiger partial charge in [-0.3, -0.25) is 9.59 Å². The highest BCUT2D eigenvalue weighted by Gasteiger charge is 2.44. The molecule has 1 aliphatic heterocycles. The molecule has 88 heavy (non-hydrogen) atoms. The van der Waals surface area contributed by atoms with Crippen LogP contribution in [0.2, 0.25) is 0 Å². The van der Waals surface area contributed by atoms with Crippen LogP contribution < -0.4 is 5.32 Å². The van der Waals surface area contributed by atoms with Gasteiger partial charge in [-0.1, -0.05) is 326 Å². The number of ether oxygens (including phenoxy) is 3. The van der Waals surface area contributed by atoms with Crippen LogP contribution in [-0.2, 0) is 23.8 Å². The molecule has 1 amide bonds. The van der Waals surface area contributed by atoms with E-state index in [1.807, 2.05) is 6.08 Å². The Hall–Kier alpha value is -2.38. The second kappa shape index (κ2) is 66.1. The van der Waals surface area contributed by atoms with Gasteiger partial charge in [-0.2, -0.15) is 0 Å². The minimum atomic E-state index is -1.58. The van der Waals surface area contributed by atoms with Crippen LogP contribution >= 0.6 is 0 Å². The zero-order chi connectivity index (χ0) is 63.7. The monoisotopic (exact) mass is 1240 g/mol. The van der Waals surface area contributed by atoms with Crippen LogP contribution in [0.1, 0.15) is 367 Å². The van der Waals surface area contributed by atoms with Crippen molar-refractivity contribution in [3.63, 3.8) is 0 Å². The highest BCUT2D eigenvalue weighted by Crippen LogP contribution is 2.23. The molecule has 0 aromatic heterocycles. The summed E-state index contributed by atoms with van der Waals surface area (Å²) in [4.78, 5) is 25.1. The first-order valence-corrected chi connectivity index (χ1v) is 37.9. The quantitative estimate of drug-likeness (QED) is 0.0195. The topological polar surface area (TPSA) is 175 Å². The van der Waals surface area contributed by atoms with Crippen LogP contribution in [0.5, 0.6) is 0 Å². The molecule has 0 aromatic carbocycles. The summed E-state index contributed by atoms with van der Waals surface area (Å²) in [5.41, 5.74) is 0. The van der Waals surface area contributed by atoms with Crippen molar-refractivity contribution in [2.45, 2.75) is 410 Å². The zero-order valence-corrected chi connectivity index (χ0v) is 57.4. The van der Waals surface area contributed by atoms with E-state index in [9.17, 15) is 35.1 Å². The lowest BCUT2D eigenvalue weighted by Gasteiger charge is -2.40. The number of aliphatic hydroxyl groups is 5. The number of hydrogen-bond donors (Lipinski definition) is 6. The van der Waals surface area contributed by atoms with Crippen molar-refractivity contribution in [3.05, 3.63) is 48.6 Å². The maximum Gasteiger partial charge on any atom is 0.305 e. The number of carbonyl (C=O) groups excluding carboxylic acids is 2. The second-order valence-corrected chi connectivity index (χ2v) is 26.3. The number of carbonyl (C=O) groups is 2. The van der Waals surface area contributed by atoms with Crippen molar-refractivity contribution in [2.75, 3.05) is 19.8 Å². The fourth-order valence-corrected chi connectivity index (χ4v) is 12.0. The molecule has 1 heterocycles. The van der Waals surface area contributed by atoms with E-state index in [0.717, 1.165) is 57.8 Å². The molecule has 1 saturated heterocycles. The fourth-order valence-electron chi connectivity index (χ4n) is 12.0. The number of amides is 1. The van der Waals surface area contributed by atoms with Gasteiger partial charge in [0.05, 0.1) is 32.0 Å². The molecule has 1 rings (SSSR count). The lowest BCUT2D eigenvalue weighted by molar-refractivity contribution is -0.302. The Bertz CT molecular complexity index is 1600. The molecule has 1 aliphatic rings. The molecule has 11 heteroatoms. The van der Waals surface area contributed by atoms with Gasteiger partial charge in [0.15, 0.2) is 6.29 Å². The van der Waals surface area contributed by atoms with E-state index in [4.69, 9.17) is 14.2 Å². The second-order valence-electron chi connectivity index (χ2n) is 26.3. The van der Waals surface area contributed by atoms with Gasteiger partial charge in [0.1, 0.15) is 24.4 Å². The number of rotatable bonds is 67. The highest BCUT2D eigenvalue weighted by molar-refractivity contribution is 5.76. The van der Waals surface area contributed by atoms with Crippen molar-refractivity contribution >= 4 is 11.9 Å². The summed E-state index contributed by atoms with van der Waals surface area (Å²) in [6.45, 7) is 4.36. The highest BCUT2D eigenvalue weighted by atomic mass is 16.7. The molecule has 7 unspecified atom stereocenters. The Morgan fingerprint density at radius 2 is 0.773 bits per heavy atom. The first kappa shape index (κ1) is 83.6. The van der Waals surface area contributed by atoms with Crippen molar-refractivity contribution in [2.24, 2.45) is 0 Å². The van der Waals surface area contributed by atoms with Crippen LogP contribution in [0, 0.1) is 0 Å². The van der Waals surface area contributed by atoms with Gasteiger partial charge in [0.25, 0.3) is 0 Å². The molecule has 0 bridgehead atoms. The number of unbranched alkanes of at least 4 members (excludes halogenated alkanes) is 47. The summed E-state index contributed by atoms with van der Waals surface area (Å²) >= 11 is 0. The molecule has 0 spiro atoms. The molecule has 0 saturated carbocycles. The molecule has 0 aromatic rings. The predicted octanol–water partition coefficient (Wildman–Crippen LogP) is 19.9. The molecule has 1 fully saturated rings. The number of aliphatic hydroxyl groups excluding tert-OH is 5. The lowest BCUT2D eigenvalue weighted by atomic mass is 9.99. The smallest absolute Gasteiger partial charge is 0.305 e. The van der Waals surface area contributed by atoms with Crippen LogP contribution in [0.3, 0.4) is 0 Å². The van der Waals surface area contributed by atoms with E-state index >= 15 is 0 Å². The molecule has 6 N–H and O–H groups in total. The summed E-state index contributed by atoms with van der Waals surface area (Å²) in [6.07, 6.45) is 77.0. The van der Waals surface area contributed by atoms with Gasteiger partial charge in [0, 0.05) is 12.8 Å². The average molecular weight is 1240 g/mol. The van der Waals surface area contributed by atoms with Crippen molar-refractivity contribution in [3.8, 4) is 0 Å². The van der Waals surface area contributed by atoms with Gasteiger partial charge < -0.3 is 45.1 Å². The molecule has 516 valence electrons. The molecule has 0 radical (unpaired) electrons. The summed E-state index contributed by atoms with van der Waals surface area (Å²) in [6, 6.07) is -0.826. The van der Waals surface area contributed by atoms with E-state index in [2.05, 4.69) is 55.6 Å². The summed E-state index contributed by atoms with van der Waals surface area (Å²) in [5.74, 6) is -0.177.